The minimum Gasteiger partial charge on any atom is -0.345 e. The van der Waals surface area contributed by atoms with Crippen molar-refractivity contribution >= 4 is 0 Å². The van der Waals surface area contributed by atoms with Gasteiger partial charge in [-0.1, -0.05) is 6.58 Å². The van der Waals surface area contributed by atoms with E-state index in [0.717, 1.165) is 5.57 Å². The summed E-state index contributed by atoms with van der Waals surface area (Å²) in [5.41, 5.74) is 3.74. The first kappa shape index (κ1) is 7.55. The van der Waals surface area contributed by atoms with Gasteiger partial charge in [0.05, 0.1) is 13.2 Å². The zero-order chi connectivity index (χ0) is 7.61. The topological polar surface area (TPSA) is 18.5 Å². The van der Waals surface area contributed by atoms with Crippen molar-refractivity contribution in [2.45, 2.75) is 19.6 Å². The van der Waals surface area contributed by atoms with Gasteiger partial charge in [0, 0.05) is 5.57 Å². The summed E-state index contributed by atoms with van der Waals surface area (Å²) in [6.45, 7) is 8.49. The van der Waals surface area contributed by atoms with Crippen LogP contribution in [0.4, 0.5) is 0 Å². The second-order valence-corrected chi connectivity index (χ2v) is 2.76. The second-order valence-electron chi connectivity index (χ2n) is 2.76. The van der Waals surface area contributed by atoms with Crippen molar-refractivity contribution in [3.05, 3.63) is 17.9 Å². The maximum atomic E-state index is 5.31. The average Bonchev–Trinajstić information content (AvgIpc) is 1.88. The summed E-state index contributed by atoms with van der Waals surface area (Å²) >= 11 is 0. The molecule has 0 radical (unpaired) electrons. The molecule has 1 aliphatic rings. The van der Waals surface area contributed by atoms with E-state index in [1.54, 1.807) is 0 Å². The molecule has 2 heteroatoms. The van der Waals surface area contributed by atoms with Crippen molar-refractivity contribution < 1.29 is 9.47 Å². The molecule has 0 aliphatic carbocycles. The third-order valence-corrected chi connectivity index (χ3v) is 1.44. The van der Waals surface area contributed by atoms with Gasteiger partial charge in [-0.15, -0.1) is 5.73 Å². The van der Waals surface area contributed by atoms with Crippen LogP contribution < -0.4 is 0 Å². The molecule has 0 atom stereocenters. The standard InChI is InChI=1S/C8H12O2/c1-4-7-5-9-8(2,3)10-6-7/h1,5-6H2,2-3H3. The van der Waals surface area contributed by atoms with Gasteiger partial charge >= 0.3 is 0 Å². The molecule has 0 aromatic carbocycles. The van der Waals surface area contributed by atoms with Crippen LogP contribution in [0.2, 0.25) is 0 Å². The Balaban J connectivity index is 2.54. The molecule has 0 bridgehead atoms. The van der Waals surface area contributed by atoms with Crippen molar-refractivity contribution in [3.63, 3.8) is 0 Å². The summed E-state index contributed by atoms with van der Waals surface area (Å²) in [7, 11) is 0. The summed E-state index contributed by atoms with van der Waals surface area (Å²) < 4.78 is 10.6. The van der Waals surface area contributed by atoms with Crippen molar-refractivity contribution in [2.24, 2.45) is 0 Å². The predicted molar refractivity (Wildman–Crippen MR) is 38.6 cm³/mol. The molecule has 0 N–H and O–H groups in total. The van der Waals surface area contributed by atoms with Gasteiger partial charge in [-0.25, -0.2) is 0 Å². The fourth-order valence-electron chi connectivity index (χ4n) is 0.707. The first-order chi connectivity index (χ1) is 4.64. The van der Waals surface area contributed by atoms with Crippen molar-refractivity contribution in [3.8, 4) is 0 Å². The van der Waals surface area contributed by atoms with Crippen LogP contribution >= 0.6 is 0 Å². The Hall–Kier alpha value is -0.560. The Morgan fingerprint density at radius 1 is 1.40 bits per heavy atom. The fraction of sp³-hybridized carbons (Fsp3) is 0.625. The number of hydrogen-bond acceptors (Lipinski definition) is 2. The molecule has 56 valence electrons. The Morgan fingerprint density at radius 3 is 2.30 bits per heavy atom. The molecule has 0 unspecified atom stereocenters. The van der Waals surface area contributed by atoms with Crippen LogP contribution in [-0.2, 0) is 9.47 Å². The monoisotopic (exact) mass is 140 g/mol. The third-order valence-electron chi connectivity index (χ3n) is 1.44. The minimum absolute atomic E-state index is 0.430. The van der Waals surface area contributed by atoms with Crippen LogP contribution in [0.5, 0.6) is 0 Å². The largest absolute Gasteiger partial charge is 0.345 e. The summed E-state index contributed by atoms with van der Waals surface area (Å²) in [6.07, 6.45) is 0. The highest BCUT2D eigenvalue weighted by molar-refractivity contribution is 5.02. The van der Waals surface area contributed by atoms with Crippen molar-refractivity contribution in [1.29, 1.82) is 0 Å². The van der Waals surface area contributed by atoms with E-state index in [0.29, 0.717) is 13.2 Å². The Bertz CT molecular complexity index is 164. The first-order valence-corrected chi connectivity index (χ1v) is 3.30. The normalized spacial score (nSPS) is 24.0. The van der Waals surface area contributed by atoms with Gasteiger partial charge in [-0.2, -0.15) is 0 Å². The van der Waals surface area contributed by atoms with E-state index in [1.165, 1.54) is 0 Å². The number of hydrogen-bond donors (Lipinski definition) is 0. The number of ether oxygens (including phenoxy) is 2. The molecular weight excluding hydrogens is 128 g/mol. The molecule has 1 rings (SSSR count). The molecule has 10 heavy (non-hydrogen) atoms. The molecule has 1 saturated heterocycles. The van der Waals surface area contributed by atoms with Crippen LogP contribution in [0.25, 0.3) is 0 Å². The van der Waals surface area contributed by atoms with Crippen molar-refractivity contribution in [2.75, 3.05) is 13.2 Å². The second kappa shape index (κ2) is 2.59. The van der Waals surface area contributed by atoms with E-state index >= 15 is 0 Å². The SMILES string of the molecule is C=C=C1COC(C)(C)OC1. The van der Waals surface area contributed by atoms with E-state index in [-0.39, 0.29) is 0 Å². The zero-order valence-corrected chi connectivity index (χ0v) is 6.44. The Labute approximate surface area is 61.1 Å². The van der Waals surface area contributed by atoms with Gasteiger partial charge in [0.15, 0.2) is 5.79 Å². The molecule has 0 saturated carbocycles. The molecule has 0 aromatic heterocycles. The lowest BCUT2D eigenvalue weighted by atomic mass is 10.2. The molecule has 0 spiro atoms. The Morgan fingerprint density at radius 2 is 1.90 bits per heavy atom. The molecule has 1 fully saturated rings. The molecule has 0 amide bonds. The maximum Gasteiger partial charge on any atom is 0.163 e. The van der Waals surface area contributed by atoms with Gasteiger partial charge in [0.25, 0.3) is 0 Å². The molecule has 1 heterocycles. The molecule has 1 aliphatic heterocycles. The van der Waals surface area contributed by atoms with Crippen LogP contribution in [0.3, 0.4) is 0 Å². The first-order valence-electron chi connectivity index (χ1n) is 3.30. The summed E-state index contributed by atoms with van der Waals surface area (Å²) in [5.74, 6) is -0.430. The van der Waals surface area contributed by atoms with Gasteiger partial charge in [0.2, 0.25) is 0 Å². The van der Waals surface area contributed by atoms with Crippen LogP contribution in [0.15, 0.2) is 17.9 Å². The minimum atomic E-state index is -0.430. The smallest absolute Gasteiger partial charge is 0.163 e. The van der Waals surface area contributed by atoms with E-state index in [2.05, 4.69) is 12.3 Å². The molecule has 2 nitrogen and oxygen atoms in total. The molecular formula is C8H12O2. The molecule has 0 aromatic rings. The zero-order valence-electron chi connectivity index (χ0n) is 6.44. The van der Waals surface area contributed by atoms with Gasteiger partial charge in [-0.3, -0.25) is 0 Å². The quantitative estimate of drug-likeness (QED) is 0.474. The van der Waals surface area contributed by atoms with Crippen LogP contribution in [0.1, 0.15) is 13.8 Å². The summed E-state index contributed by atoms with van der Waals surface area (Å²) in [4.78, 5) is 0. The number of rotatable bonds is 0. The maximum absolute atomic E-state index is 5.31. The van der Waals surface area contributed by atoms with Gasteiger partial charge in [-0.05, 0) is 13.8 Å². The van der Waals surface area contributed by atoms with Gasteiger partial charge < -0.3 is 9.47 Å². The van der Waals surface area contributed by atoms with Crippen LogP contribution in [0, 0.1) is 0 Å². The van der Waals surface area contributed by atoms with E-state index in [1.807, 2.05) is 13.8 Å². The predicted octanol–water partition coefficient (Wildman–Crippen LogP) is 1.48. The average molecular weight is 140 g/mol. The Kier molecular flexibility index (Phi) is 1.95. The van der Waals surface area contributed by atoms with Crippen LogP contribution in [-0.4, -0.2) is 19.0 Å². The fourth-order valence-corrected chi connectivity index (χ4v) is 0.707. The van der Waals surface area contributed by atoms with Crippen molar-refractivity contribution in [1.82, 2.24) is 0 Å². The lowest BCUT2D eigenvalue weighted by Crippen LogP contribution is -2.35. The summed E-state index contributed by atoms with van der Waals surface area (Å²) in [5, 5.41) is 0. The van der Waals surface area contributed by atoms with E-state index in [9.17, 15) is 0 Å². The third kappa shape index (κ3) is 1.71. The highest BCUT2D eigenvalue weighted by Crippen LogP contribution is 2.18. The van der Waals surface area contributed by atoms with E-state index < -0.39 is 5.79 Å². The highest BCUT2D eigenvalue weighted by atomic mass is 16.7. The van der Waals surface area contributed by atoms with Gasteiger partial charge in [0.1, 0.15) is 0 Å². The van der Waals surface area contributed by atoms with E-state index in [4.69, 9.17) is 9.47 Å². The summed E-state index contributed by atoms with van der Waals surface area (Å²) in [6, 6.07) is 0. The highest BCUT2D eigenvalue weighted by Gasteiger charge is 2.24. The lowest BCUT2D eigenvalue weighted by molar-refractivity contribution is -0.225. The lowest BCUT2D eigenvalue weighted by Gasteiger charge is -2.30.